The number of hydrogen-bond acceptors (Lipinski definition) is 0. The van der Waals surface area contributed by atoms with Gasteiger partial charge in [0.1, 0.15) is 0 Å². The van der Waals surface area contributed by atoms with Crippen molar-refractivity contribution in [2.75, 3.05) is 0 Å². The summed E-state index contributed by atoms with van der Waals surface area (Å²) in [6, 6.07) is 62.5. The minimum Gasteiger partial charge on any atom is -0.0613 e. The molecule has 0 aliphatic heterocycles. The predicted octanol–water partition coefficient (Wildman–Crippen LogP) is 18.5. The summed E-state index contributed by atoms with van der Waals surface area (Å²) >= 11 is 0. The van der Waals surface area contributed by atoms with Crippen LogP contribution in [0.3, 0.4) is 0 Å². The molecule has 322 valence electrons. The molecule has 0 amide bonds. The molecule has 0 nitrogen and oxygen atoms in total. The van der Waals surface area contributed by atoms with E-state index in [1.807, 2.05) is 0 Å². The van der Waals surface area contributed by atoms with Crippen LogP contribution in [0.5, 0.6) is 0 Å². The summed E-state index contributed by atoms with van der Waals surface area (Å²) in [5.74, 6) is 0. The Morgan fingerprint density at radius 2 is 0.382 bits per heavy atom. The van der Waals surface area contributed by atoms with E-state index >= 15 is 0 Å². The molecule has 0 bridgehead atoms. The van der Waals surface area contributed by atoms with Gasteiger partial charge in [0, 0.05) is 21.7 Å². The Labute approximate surface area is 396 Å². The number of benzene rings is 12. The molecule has 0 saturated carbocycles. The SMILES string of the molecule is CC1(C)c2cccc3ccc4cc(-c5cc6c7c(ccc8cc(-c9cc%10c%11c(ccc%12cc(-c%13cc%14c%15c(ccc%16cccc(c%16%15)C%14(C)C)c%13)cc(c%12%11)C%10(C)C)c9)cc(c87)C6(C)C)c5)cc1c4c23. The molecule has 4 aliphatic rings. The summed E-state index contributed by atoms with van der Waals surface area (Å²) in [6.45, 7) is 19.5. The highest BCUT2D eigenvalue weighted by Gasteiger charge is 2.40. The molecular formula is C68H50. The normalized spacial score (nSPS) is 17.0. The van der Waals surface area contributed by atoms with Crippen molar-refractivity contribution in [2.45, 2.75) is 77.0 Å². The van der Waals surface area contributed by atoms with Crippen LogP contribution in [-0.2, 0) is 21.7 Å². The van der Waals surface area contributed by atoms with Gasteiger partial charge in [-0.2, -0.15) is 0 Å². The van der Waals surface area contributed by atoms with Crippen molar-refractivity contribution in [1.29, 1.82) is 0 Å². The smallest absolute Gasteiger partial charge is 0.0159 e. The van der Waals surface area contributed by atoms with Crippen molar-refractivity contribution in [3.63, 3.8) is 0 Å². The van der Waals surface area contributed by atoms with E-state index in [0.717, 1.165) is 0 Å². The summed E-state index contributed by atoms with van der Waals surface area (Å²) in [7, 11) is 0. The van der Waals surface area contributed by atoms with Gasteiger partial charge in [-0.25, -0.2) is 0 Å². The highest BCUT2D eigenvalue weighted by Crippen LogP contribution is 2.56. The molecule has 0 unspecified atom stereocenters. The summed E-state index contributed by atoms with van der Waals surface area (Å²) in [5.41, 5.74) is 18.9. The molecule has 0 radical (unpaired) electrons. The highest BCUT2D eigenvalue weighted by molar-refractivity contribution is 6.21. The van der Waals surface area contributed by atoms with E-state index in [2.05, 4.69) is 213 Å². The molecule has 0 N–H and O–H groups in total. The van der Waals surface area contributed by atoms with Crippen LogP contribution in [0, 0.1) is 0 Å². The van der Waals surface area contributed by atoms with Crippen molar-refractivity contribution >= 4 is 86.2 Å². The Morgan fingerprint density at radius 3 is 0.618 bits per heavy atom. The summed E-state index contributed by atoms with van der Waals surface area (Å²) in [6.07, 6.45) is 0. The maximum Gasteiger partial charge on any atom is 0.0159 e. The fraction of sp³-hybridized carbons (Fsp3) is 0.176. The van der Waals surface area contributed by atoms with Gasteiger partial charge < -0.3 is 0 Å². The van der Waals surface area contributed by atoms with Gasteiger partial charge in [0.05, 0.1) is 0 Å². The zero-order valence-corrected chi connectivity index (χ0v) is 40.0. The third kappa shape index (κ3) is 4.32. The van der Waals surface area contributed by atoms with Gasteiger partial charge in [0.25, 0.3) is 0 Å². The van der Waals surface area contributed by atoms with E-state index in [-0.39, 0.29) is 21.7 Å². The molecule has 0 heteroatoms. The lowest BCUT2D eigenvalue weighted by atomic mass is 9.78. The first-order valence-corrected chi connectivity index (χ1v) is 24.8. The monoisotopic (exact) mass is 866 g/mol. The molecule has 0 atom stereocenters. The fourth-order valence-electron chi connectivity index (χ4n) is 14.7. The number of rotatable bonds is 3. The van der Waals surface area contributed by atoms with Gasteiger partial charge in [0.2, 0.25) is 0 Å². The van der Waals surface area contributed by atoms with E-state index in [1.165, 1.54) is 164 Å². The Balaban J connectivity index is 0.808. The quantitative estimate of drug-likeness (QED) is 0.155. The van der Waals surface area contributed by atoms with Gasteiger partial charge >= 0.3 is 0 Å². The molecule has 0 spiro atoms. The van der Waals surface area contributed by atoms with Crippen molar-refractivity contribution in [3.8, 4) is 33.4 Å². The second kappa shape index (κ2) is 11.7. The summed E-state index contributed by atoms with van der Waals surface area (Å²) in [4.78, 5) is 0. The first-order chi connectivity index (χ1) is 32.7. The third-order valence-electron chi connectivity index (χ3n) is 18.4. The summed E-state index contributed by atoms with van der Waals surface area (Å²) < 4.78 is 0. The van der Waals surface area contributed by atoms with Gasteiger partial charge in [-0.15, -0.1) is 0 Å². The lowest BCUT2D eigenvalue weighted by Crippen LogP contribution is -2.16. The molecule has 12 aromatic carbocycles. The van der Waals surface area contributed by atoms with E-state index < -0.39 is 0 Å². The third-order valence-corrected chi connectivity index (χ3v) is 18.4. The Kier molecular flexibility index (Phi) is 6.49. The van der Waals surface area contributed by atoms with Crippen molar-refractivity contribution < 1.29 is 0 Å². The highest BCUT2D eigenvalue weighted by atomic mass is 14.4. The molecule has 0 heterocycles. The second-order valence-electron chi connectivity index (χ2n) is 23.3. The second-order valence-corrected chi connectivity index (χ2v) is 23.3. The van der Waals surface area contributed by atoms with E-state index in [1.54, 1.807) is 0 Å². The lowest BCUT2D eigenvalue weighted by Gasteiger charge is -2.25. The molecule has 68 heavy (non-hydrogen) atoms. The van der Waals surface area contributed by atoms with Crippen LogP contribution in [0.4, 0.5) is 0 Å². The van der Waals surface area contributed by atoms with Crippen molar-refractivity contribution in [1.82, 2.24) is 0 Å². The Bertz CT molecular complexity index is 4180. The zero-order valence-electron chi connectivity index (χ0n) is 40.0. The van der Waals surface area contributed by atoms with Gasteiger partial charge in [-0.1, -0.05) is 140 Å². The van der Waals surface area contributed by atoms with Gasteiger partial charge in [-0.05, 0) is 237 Å². The van der Waals surface area contributed by atoms with Crippen LogP contribution in [0.2, 0.25) is 0 Å². The standard InChI is InChI=1S/C68H50/c1-65(2)49-13-9-11-35-15-17-37-23-43(29-51(65)59(37)57(35)49)45-25-39-19-21-41-27-47(33-55-63(41)61(39)53(31-45)67(55,5)6)48-28-42-22-20-40-26-46(32-54-62(40)64(42)56(34-48)68(54,7)8)44-24-38-18-16-36-12-10-14-50-58(36)60(38)52(30-44)66(50,3)4/h9-34H,1-8H3. The maximum atomic E-state index is 2.54. The van der Waals surface area contributed by atoms with Crippen molar-refractivity contribution in [2.24, 2.45) is 0 Å². The van der Waals surface area contributed by atoms with Gasteiger partial charge in [0.15, 0.2) is 0 Å². The minimum absolute atomic E-state index is 0.0509. The lowest BCUT2D eigenvalue weighted by molar-refractivity contribution is 0.661. The van der Waals surface area contributed by atoms with Crippen LogP contribution in [0.15, 0.2) is 158 Å². The van der Waals surface area contributed by atoms with Crippen LogP contribution in [0.25, 0.3) is 120 Å². The largest absolute Gasteiger partial charge is 0.0613 e. The minimum atomic E-state index is -0.167. The Morgan fingerprint density at radius 1 is 0.191 bits per heavy atom. The first kappa shape index (κ1) is 37.8. The van der Waals surface area contributed by atoms with Crippen molar-refractivity contribution in [3.05, 3.63) is 202 Å². The molecule has 0 saturated heterocycles. The first-order valence-electron chi connectivity index (χ1n) is 24.8. The van der Waals surface area contributed by atoms with Crippen LogP contribution >= 0.6 is 0 Å². The van der Waals surface area contributed by atoms with Crippen LogP contribution in [0.1, 0.15) is 99.9 Å². The van der Waals surface area contributed by atoms with Gasteiger partial charge in [-0.3, -0.25) is 0 Å². The maximum absolute atomic E-state index is 2.54. The fourth-order valence-corrected chi connectivity index (χ4v) is 14.7. The van der Waals surface area contributed by atoms with Crippen LogP contribution in [-0.4, -0.2) is 0 Å². The molecule has 0 aromatic heterocycles. The molecular weight excluding hydrogens is 817 g/mol. The molecule has 16 rings (SSSR count). The van der Waals surface area contributed by atoms with E-state index in [4.69, 9.17) is 0 Å². The predicted molar refractivity (Wildman–Crippen MR) is 291 cm³/mol. The zero-order chi connectivity index (χ0) is 45.7. The van der Waals surface area contributed by atoms with Crippen LogP contribution < -0.4 is 0 Å². The van der Waals surface area contributed by atoms with E-state index in [0.29, 0.717) is 0 Å². The average molecular weight is 867 g/mol. The summed E-state index contributed by atoms with van der Waals surface area (Å²) in [5, 5.41) is 22.1. The molecule has 4 aliphatic carbocycles. The van der Waals surface area contributed by atoms with E-state index in [9.17, 15) is 0 Å². The number of hydrogen-bond donors (Lipinski definition) is 0. The molecule has 0 fully saturated rings. The topological polar surface area (TPSA) is 0 Å². The molecule has 12 aromatic rings. The average Bonchev–Trinajstić information content (AvgIpc) is 3.92. The Hall–Kier alpha value is -7.28.